The van der Waals surface area contributed by atoms with Crippen molar-refractivity contribution in [1.82, 2.24) is 15.5 Å². The number of rotatable bonds is 6. The fourth-order valence-electron chi connectivity index (χ4n) is 2.28. The van der Waals surface area contributed by atoms with Crippen LogP contribution < -0.4 is 10.6 Å². The van der Waals surface area contributed by atoms with E-state index < -0.39 is 0 Å². The maximum Gasteiger partial charge on any atom is 0.0701 e. The van der Waals surface area contributed by atoms with E-state index in [4.69, 9.17) is 0 Å². The highest BCUT2D eigenvalue weighted by Crippen LogP contribution is 2.21. The van der Waals surface area contributed by atoms with E-state index in [0.717, 1.165) is 26.1 Å². The van der Waals surface area contributed by atoms with Gasteiger partial charge in [0.25, 0.3) is 0 Å². The van der Waals surface area contributed by atoms with Gasteiger partial charge in [0.2, 0.25) is 0 Å². The zero-order valence-corrected chi connectivity index (χ0v) is 13.3. The first-order chi connectivity index (χ1) is 8.74. The first-order valence-corrected chi connectivity index (χ1v) is 8.22. The van der Waals surface area contributed by atoms with E-state index in [-0.39, 0.29) is 0 Å². The summed E-state index contributed by atoms with van der Waals surface area (Å²) in [6.45, 7) is 5.68. The lowest BCUT2D eigenvalue weighted by Crippen LogP contribution is -2.49. The summed E-state index contributed by atoms with van der Waals surface area (Å²) < 4.78 is 1.23. The lowest BCUT2D eigenvalue weighted by molar-refractivity contribution is 0.231. The number of piperazine rings is 1. The number of halogens is 1. The Labute approximate surface area is 122 Å². The van der Waals surface area contributed by atoms with Crippen LogP contribution in [0.3, 0.4) is 0 Å². The van der Waals surface area contributed by atoms with Crippen LogP contribution in [-0.4, -0.2) is 50.7 Å². The summed E-state index contributed by atoms with van der Waals surface area (Å²) in [4.78, 5) is 3.86. The van der Waals surface area contributed by atoms with Crippen LogP contribution in [0.25, 0.3) is 0 Å². The Hall–Kier alpha value is 0.0600. The van der Waals surface area contributed by atoms with Crippen molar-refractivity contribution in [2.24, 2.45) is 0 Å². The lowest BCUT2D eigenvalue weighted by Gasteiger charge is -2.30. The maximum absolute atomic E-state index is 3.58. The second-order valence-electron chi connectivity index (χ2n) is 4.91. The van der Waals surface area contributed by atoms with Crippen molar-refractivity contribution >= 4 is 27.3 Å². The Balaban J connectivity index is 1.53. The number of hydrogen-bond acceptors (Lipinski definition) is 4. The molecule has 5 heteroatoms. The van der Waals surface area contributed by atoms with Crippen molar-refractivity contribution in [2.45, 2.75) is 18.9 Å². The van der Waals surface area contributed by atoms with Crippen LogP contribution in [-0.2, 0) is 6.42 Å². The molecule has 1 aliphatic rings. The van der Waals surface area contributed by atoms with Crippen molar-refractivity contribution < 1.29 is 0 Å². The molecule has 0 radical (unpaired) electrons. The molecule has 1 atom stereocenters. The standard InChI is InChI=1S/C13H22BrN3S/c1-17-9-8-16-11(10-17)4-6-15-7-5-12-2-3-13(14)18-12/h2-3,11,15-16H,4-10H2,1H3. The van der Waals surface area contributed by atoms with Gasteiger partial charge < -0.3 is 15.5 Å². The molecular formula is C13H22BrN3S. The first-order valence-electron chi connectivity index (χ1n) is 6.61. The van der Waals surface area contributed by atoms with Crippen LogP contribution in [0.15, 0.2) is 15.9 Å². The fourth-order valence-corrected chi connectivity index (χ4v) is 3.77. The summed E-state index contributed by atoms with van der Waals surface area (Å²) >= 11 is 5.33. The van der Waals surface area contributed by atoms with Gasteiger partial charge in [0.15, 0.2) is 0 Å². The quantitative estimate of drug-likeness (QED) is 0.780. The van der Waals surface area contributed by atoms with Crippen LogP contribution in [0.5, 0.6) is 0 Å². The lowest BCUT2D eigenvalue weighted by atomic mass is 10.1. The molecule has 3 nitrogen and oxygen atoms in total. The van der Waals surface area contributed by atoms with Gasteiger partial charge in [-0.1, -0.05) is 0 Å². The minimum absolute atomic E-state index is 0.659. The van der Waals surface area contributed by atoms with Crippen LogP contribution in [0.4, 0.5) is 0 Å². The molecule has 2 heterocycles. The van der Waals surface area contributed by atoms with E-state index in [1.165, 1.54) is 28.2 Å². The van der Waals surface area contributed by atoms with Gasteiger partial charge in [-0.25, -0.2) is 0 Å². The van der Waals surface area contributed by atoms with Gasteiger partial charge in [0, 0.05) is 30.6 Å². The third-order valence-electron chi connectivity index (χ3n) is 3.31. The number of thiophene rings is 1. The van der Waals surface area contributed by atoms with Crippen molar-refractivity contribution in [3.63, 3.8) is 0 Å². The predicted octanol–water partition coefficient (Wildman–Crippen LogP) is 1.94. The summed E-state index contributed by atoms with van der Waals surface area (Å²) in [7, 11) is 2.20. The Kier molecular flexibility index (Phi) is 6.11. The molecule has 0 aliphatic carbocycles. The van der Waals surface area contributed by atoms with Crippen LogP contribution in [0.1, 0.15) is 11.3 Å². The molecule has 0 amide bonds. The fraction of sp³-hybridized carbons (Fsp3) is 0.692. The normalized spacial score (nSPS) is 21.3. The molecule has 1 aromatic rings. The number of nitrogens with zero attached hydrogens (tertiary/aromatic N) is 1. The van der Waals surface area contributed by atoms with E-state index in [1.54, 1.807) is 0 Å². The molecule has 0 aromatic carbocycles. The topological polar surface area (TPSA) is 27.3 Å². The van der Waals surface area contributed by atoms with Crippen molar-refractivity contribution in [3.8, 4) is 0 Å². The molecule has 1 fully saturated rings. The minimum Gasteiger partial charge on any atom is -0.316 e. The molecule has 0 spiro atoms. The first kappa shape index (κ1) is 14.5. The highest BCUT2D eigenvalue weighted by molar-refractivity contribution is 9.11. The maximum atomic E-state index is 3.58. The van der Waals surface area contributed by atoms with Gasteiger partial charge in [-0.3, -0.25) is 0 Å². The number of hydrogen-bond donors (Lipinski definition) is 2. The van der Waals surface area contributed by atoms with Crippen LogP contribution >= 0.6 is 27.3 Å². The molecule has 0 bridgehead atoms. The Bertz CT molecular complexity index is 356. The predicted molar refractivity (Wildman–Crippen MR) is 82.5 cm³/mol. The molecule has 102 valence electrons. The highest BCUT2D eigenvalue weighted by atomic mass is 79.9. The molecule has 2 N–H and O–H groups in total. The smallest absolute Gasteiger partial charge is 0.0701 e. The van der Waals surface area contributed by atoms with Crippen molar-refractivity contribution in [1.29, 1.82) is 0 Å². The van der Waals surface area contributed by atoms with E-state index in [0.29, 0.717) is 6.04 Å². The minimum atomic E-state index is 0.659. The van der Waals surface area contributed by atoms with Gasteiger partial charge in [-0.05, 0) is 61.0 Å². The zero-order chi connectivity index (χ0) is 12.8. The summed E-state index contributed by atoms with van der Waals surface area (Å²) in [6, 6.07) is 4.99. The van der Waals surface area contributed by atoms with E-state index in [9.17, 15) is 0 Å². The number of likely N-dealkylation sites (N-methyl/N-ethyl adjacent to an activating group) is 1. The molecule has 1 unspecified atom stereocenters. The van der Waals surface area contributed by atoms with Gasteiger partial charge in [-0.15, -0.1) is 11.3 Å². The summed E-state index contributed by atoms with van der Waals surface area (Å²) in [6.07, 6.45) is 2.35. The second kappa shape index (κ2) is 7.60. The van der Waals surface area contributed by atoms with Gasteiger partial charge >= 0.3 is 0 Å². The molecule has 1 aromatic heterocycles. The average molecular weight is 332 g/mol. The van der Waals surface area contributed by atoms with Gasteiger partial charge in [-0.2, -0.15) is 0 Å². The number of nitrogens with one attached hydrogen (secondary N) is 2. The third-order valence-corrected chi connectivity index (χ3v) is 4.99. The van der Waals surface area contributed by atoms with Crippen LogP contribution in [0.2, 0.25) is 0 Å². The van der Waals surface area contributed by atoms with E-state index in [2.05, 4.69) is 50.6 Å². The van der Waals surface area contributed by atoms with Gasteiger partial charge in [0.1, 0.15) is 0 Å². The monoisotopic (exact) mass is 331 g/mol. The van der Waals surface area contributed by atoms with Crippen LogP contribution in [0, 0.1) is 0 Å². The molecule has 1 aliphatic heterocycles. The van der Waals surface area contributed by atoms with E-state index in [1.807, 2.05) is 11.3 Å². The molecule has 2 rings (SSSR count). The third kappa shape index (κ3) is 4.97. The largest absolute Gasteiger partial charge is 0.316 e. The molecule has 18 heavy (non-hydrogen) atoms. The Morgan fingerprint density at radius 1 is 1.50 bits per heavy atom. The van der Waals surface area contributed by atoms with Crippen molar-refractivity contribution in [2.75, 3.05) is 39.8 Å². The summed E-state index contributed by atoms with van der Waals surface area (Å²) in [5, 5.41) is 7.11. The Morgan fingerprint density at radius 2 is 2.39 bits per heavy atom. The second-order valence-corrected chi connectivity index (χ2v) is 7.46. The highest BCUT2D eigenvalue weighted by Gasteiger charge is 2.15. The zero-order valence-electron chi connectivity index (χ0n) is 10.9. The van der Waals surface area contributed by atoms with Crippen molar-refractivity contribution in [3.05, 3.63) is 20.8 Å². The molecular weight excluding hydrogens is 310 g/mol. The average Bonchev–Trinajstić information content (AvgIpc) is 2.75. The summed E-state index contributed by atoms with van der Waals surface area (Å²) in [5.74, 6) is 0. The molecule has 0 saturated carbocycles. The SMILES string of the molecule is CN1CCNC(CCNCCc2ccc(Br)s2)C1. The Morgan fingerprint density at radius 3 is 3.11 bits per heavy atom. The van der Waals surface area contributed by atoms with Gasteiger partial charge in [0.05, 0.1) is 3.79 Å². The molecule has 1 saturated heterocycles. The summed E-state index contributed by atoms with van der Waals surface area (Å²) in [5.41, 5.74) is 0. The van der Waals surface area contributed by atoms with E-state index >= 15 is 0 Å².